The summed E-state index contributed by atoms with van der Waals surface area (Å²) in [6.45, 7) is 6.83. The Hall–Kier alpha value is -4.86. The topological polar surface area (TPSA) is 188 Å². The van der Waals surface area contributed by atoms with E-state index < -0.39 is 85.4 Å². The first kappa shape index (κ1) is 41.9. The highest BCUT2D eigenvalue weighted by Crippen LogP contribution is 2.31. The van der Waals surface area contributed by atoms with Gasteiger partial charge in [0.1, 0.15) is 36.0 Å². The van der Waals surface area contributed by atoms with Crippen LogP contribution in [0.25, 0.3) is 0 Å². The maximum absolute atomic E-state index is 13.5. The van der Waals surface area contributed by atoms with E-state index in [2.05, 4.69) is 10.6 Å². The van der Waals surface area contributed by atoms with E-state index in [-0.39, 0.29) is 26.2 Å². The molecule has 14 nitrogen and oxygen atoms in total. The minimum atomic E-state index is -1.55. The molecule has 0 radical (unpaired) electrons. The van der Waals surface area contributed by atoms with Gasteiger partial charge in [-0.15, -0.1) is 0 Å². The largest absolute Gasteiger partial charge is 0.481 e. The third kappa shape index (κ3) is 13.8. The fourth-order valence-corrected chi connectivity index (χ4v) is 5.62. The van der Waals surface area contributed by atoms with Gasteiger partial charge in [0.05, 0.1) is 32.5 Å². The van der Waals surface area contributed by atoms with E-state index in [0.29, 0.717) is 0 Å². The average molecular weight is 751 g/mol. The molecule has 292 valence electrons. The molecule has 4 N–H and O–H groups in total. The van der Waals surface area contributed by atoms with Gasteiger partial charge in [0, 0.05) is 6.42 Å². The van der Waals surface area contributed by atoms with Crippen LogP contribution in [0.15, 0.2) is 91.0 Å². The van der Waals surface area contributed by atoms with E-state index in [1.807, 2.05) is 91.0 Å². The van der Waals surface area contributed by atoms with Crippen molar-refractivity contribution < 1.29 is 57.8 Å². The summed E-state index contributed by atoms with van der Waals surface area (Å²) in [5.74, 6) is -3.62. The Morgan fingerprint density at radius 1 is 0.685 bits per heavy atom. The number of benzene rings is 3. The van der Waals surface area contributed by atoms with Crippen molar-refractivity contribution in [1.29, 1.82) is 0 Å². The Kier molecular flexibility index (Phi) is 15.9. The zero-order valence-corrected chi connectivity index (χ0v) is 30.9. The molecule has 0 aromatic heterocycles. The van der Waals surface area contributed by atoms with Gasteiger partial charge >= 0.3 is 18.0 Å². The summed E-state index contributed by atoms with van der Waals surface area (Å²) in [7, 11) is 0. The summed E-state index contributed by atoms with van der Waals surface area (Å²) in [6.07, 6.45) is -5.97. The molecule has 3 aromatic rings. The molecular weight excluding hydrogens is 700 g/mol. The minimum absolute atomic E-state index is 0.143. The van der Waals surface area contributed by atoms with Crippen LogP contribution in [0.1, 0.15) is 57.2 Å². The van der Waals surface area contributed by atoms with Crippen LogP contribution in [0.5, 0.6) is 0 Å². The van der Waals surface area contributed by atoms with Gasteiger partial charge in [-0.25, -0.2) is 9.59 Å². The van der Waals surface area contributed by atoms with E-state index >= 15 is 0 Å². The summed E-state index contributed by atoms with van der Waals surface area (Å²) in [4.78, 5) is 49.5. The van der Waals surface area contributed by atoms with Crippen LogP contribution in [-0.2, 0) is 62.6 Å². The number of hydrogen-bond donors (Lipinski definition) is 4. The molecular formula is C40H50N2O12. The number of alkyl carbamates (subject to hydrolysis) is 1. The van der Waals surface area contributed by atoms with Gasteiger partial charge in [0.25, 0.3) is 0 Å². The molecule has 1 fully saturated rings. The lowest BCUT2D eigenvalue weighted by Crippen LogP contribution is -2.61. The highest BCUT2D eigenvalue weighted by Gasteiger charge is 2.48. The van der Waals surface area contributed by atoms with E-state index in [0.717, 1.165) is 16.7 Å². The van der Waals surface area contributed by atoms with Crippen molar-refractivity contribution in [2.24, 2.45) is 0 Å². The number of carboxylic acids is 2. The highest BCUT2D eigenvalue weighted by molar-refractivity contribution is 5.89. The Morgan fingerprint density at radius 2 is 1.17 bits per heavy atom. The first-order chi connectivity index (χ1) is 25.8. The first-order valence-corrected chi connectivity index (χ1v) is 17.8. The van der Waals surface area contributed by atoms with E-state index in [4.69, 9.17) is 33.5 Å². The molecule has 0 bridgehead atoms. The van der Waals surface area contributed by atoms with Crippen molar-refractivity contribution in [1.82, 2.24) is 10.6 Å². The Balaban J connectivity index is 1.62. The molecule has 2 amide bonds. The lowest BCUT2D eigenvalue weighted by Gasteiger charge is -2.45. The number of rotatable bonds is 19. The molecule has 54 heavy (non-hydrogen) atoms. The molecule has 1 aliphatic rings. The Labute approximate surface area is 315 Å². The van der Waals surface area contributed by atoms with Crippen LogP contribution in [0.2, 0.25) is 0 Å². The molecule has 1 heterocycles. The fraction of sp³-hybridized carbons (Fsp3) is 0.450. The number of carboxylic acid groups (broad SMARTS) is 2. The van der Waals surface area contributed by atoms with Crippen molar-refractivity contribution in [2.75, 3.05) is 6.61 Å². The number of hydrogen-bond acceptors (Lipinski definition) is 10. The van der Waals surface area contributed by atoms with Gasteiger partial charge < -0.3 is 49.3 Å². The molecule has 1 saturated heterocycles. The quantitative estimate of drug-likeness (QED) is 0.131. The van der Waals surface area contributed by atoms with Gasteiger partial charge in [0.2, 0.25) is 5.91 Å². The third-order valence-corrected chi connectivity index (χ3v) is 8.28. The van der Waals surface area contributed by atoms with Gasteiger partial charge in [-0.3, -0.25) is 9.59 Å². The van der Waals surface area contributed by atoms with Crippen LogP contribution in [0.4, 0.5) is 4.79 Å². The van der Waals surface area contributed by atoms with E-state index in [1.165, 1.54) is 0 Å². The van der Waals surface area contributed by atoms with Crippen LogP contribution in [-0.4, -0.2) is 89.1 Å². The number of aliphatic carboxylic acids is 2. The molecule has 0 unspecified atom stereocenters. The smallest absolute Gasteiger partial charge is 0.408 e. The third-order valence-electron chi connectivity index (χ3n) is 8.28. The molecule has 3 aromatic carbocycles. The van der Waals surface area contributed by atoms with Crippen LogP contribution < -0.4 is 10.6 Å². The zero-order valence-electron chi connectivity index (χ0n) is 30.9. The standard InChI is InChI=1S/C40H50N2O12/c1-26-33(49-22-27-14-8-5-9-15-27)34(50-23-28-16-10-6-11-17-28)35(51-24-29-18-12-7-13-19-29)38(53-26)52-25-31(42-39(48)54-40(2,3)4)36(45)41-30(37(46)47)20-21-32(43)44/h5-19,26,30-31,33-35,38H,20-25H2,1-4H3,(H,41,45)(H,42,48)(H,43,44)(H,46,47)/t26-,30-,31-,33+,34+,35-,38+/m0/s1. The summed E-state index contributed by atoms with van der Waals surface area (Å²) in [5.41, 5.74) is 1.79. The normalized spacial score (nSPS) is 21.0. The Morgan fingerprint density at radius 3 is 1.63 bits per heavy atom. The monoisotopic (exact) mass is 750 g/mol. The number of carbonyl (C=O) groups excluding carboxylic acids is 2. The maximum Gasteiger partial charge on any atom is 0.408 e. The van der Waals surface area contributed by atoms with E-state index in [1.54, 1.807) is 27.7 Å². The summed E-state index contributed by atoms with van der Waals surface area (Å²) in [6, 6.07) is 25.6. The van der Waals surface area contributed by atoms with Crippen molar-refractivity contribution in [3.63, 3.8) is 0 Å². The van der Waals surface area contributed by atoms with Crippen molar-refractivity contribution in [3.05, 3.63) is 108 Å². The summed E-state index contributed by atoms with van der Waals surface area (Å²) in [5, 5.41) is 23.6. The second-order valence-electron chi connectivity index (χ2n) is 13.9. The van der Waals surface area contributed by atoms with Crippen molar-refractivity contribution in [2.45, 2.75) is 109 Å². The molecule has 0 spiro atoms. The van der Waals surface area contributed by atoms with Crippen LogP contribution in [0, 0.1) is 0 Å². The molecule has 0 aliphatic carbocycles. The predicted molar refractivity (Wildman–Crippen MR) is 195 cm³/mol. The summed E-state index contributed by atoms with van der Waals surface area (Å²) < 4.78 is 37.5. The first-order valence-electron chi connectivity index (χ1n) is 17.8. The molecule has 0 saturated carbocycles. The number of nitrogens with one attached hydrogen (secondary N) is 2. The van der Waals surface area contributed by atoms with Crippen molar-refractivity contribution in [3.8, 4) is 0 Å². The van der Waals surface area contributed by atoms with Crippen molar-refractivity contribution >= 4 is 23.9 Å². The van der Waals surface area contributed by atoms with E-state index in [9.17, 15) is 24.3 Å². The SMILES string of the molecule is C[C@@H]1O[C@@H](OC[C@H](NC(=O)OC(C)(C)C)C(=O)N[C@@H](CCC(=O)O)C(=O)O)[C@@H](OCc2ccccc2)[C@H](OCc2ccccc2)[C@@H]1OCc1ccccc1. The lowest BCUT2D eigenvalue weighted by molar-refractivity contribution is -0.320. The van der Waals surface area contributed by atoms with Crippen LogP contribution in [0.3, 0.4) is 0 Å². The van der Waals surface area contributed by atoms with Gasteiger partial charge in [-0.2, -0.15) is 0 Å². The number of carbonyl (C=O) groups is 4. The molecule has 4 rings (SSSR count). The number of amides is 2. The zero-order chi connectivity index (χ0) is 39.1. The maximum atomic E-state index is 13.5. The lowest BCUT2D eigenvalue weighted by atomic mass is 9.98. The molecule has 1 aliphatic heterocycles. The fourth-order valence-electron chi connectivity index (χ4n) is 5.62. The second-order valence-corrected chi connectivity index (χ2v) is 13.9. The van der Waals surface area contributed by atoms with Gasteiger partial charge in [-0.05, 0) is 50.8 Å². The molecule has 7 atom stereocenters. The average Bonchev–Trinajstić information content (AvgIpc) is 3.13. The predicted octanol–water partition coefficient (Wildman–Crippen LogP) is 4.83. The Bertz CT molecular complexity index is 1620. The number of ether oxygens (including phenoxy) is 6. The molecule has 14 heteroatoms. The minimum Gasteiger partial charge on any atom is -0.481 e. The summed E-state index contributed by atoms with van der Waals surface area (Å²) >= 11 is 0. The van der Waals surface area contributed by atoms with Gasteiger partial charge in [-0.1, -0.05) is 91.0 Å². The second kappa shape index (κ2) is 20.6. The highest BCUT2D eigenvalue weighted by atomic mass is 16.7. The van der Waals surface area contributed by atoms with Gasteiger partial charge in [0.15, 0.2) is 6.29 Å². The van der Waals surface area contributed by atoms with Crippen LogP contribution >= 0.6 is 0 Å².